The normalized spacial score (nSPS) is 12.1. The summed E-state index contributed by atoms with van der Waals surface area (Å²) in [4.78, 5) is 12.3. The average molecular weight is 488 g/mol. The summed E-state index contributed by atoms with van der Waals surface area (Å²) in [5.74, 6) is 1.71. The molecule has 5 rings (SSSR count). The second-order valence-electron chi connectivity index (χ2n) is 7.83. The van der Waals surface area contributed by atoms with Crippen molar-refractivity contribution in [3.8, 4) is 17.2 Å². The van der Waals surface area contributed by atoms with Gasteiger partial charge in [-0.3, -0.25) is 4.79 Å². The van der Waals surface area contributed by atoms with Gasteiger partial charge in [0.25, 0.3) is 5.91 Å². The Hall–Kier alpha value is -4.23. The second kappa shape index (κ2) is 10.4. The van der Waals surface area contributed by atoms with Crippen molar-refractivity contribution >= 4 is 40.2 Å². The van der Waals surface area contributed by atoms with Gasteiger partial charge in [0.2, 0.25) is 6.79 Å². The zero-order valence-corrected chi connectivity index (χ0v) is 19.4. The van der Waals surface area contributed by atoms with Gasteiger partial charge < -0.3 is 19.5 Å². The molecule has 7 nitrogen and oxygen atoms in total. The number of rotatable bonds is 8. The van der Waals surface area contributed by atoms with E-state index in [2.05, 4.69) is 15.8 Å². The number of fused-ring (bicyclic) bond motifs is 2. The topological polar surface area (TPSA) is 81.2 Å². The third kappa shape index (κ3) is 5.47. The summed E-state index contributed by atoms with van der Waals surface area (Å²) in [7, 11) is 0. The lowest BCUT2D eigenvalue weighted by atomic mass is 10.0. The maximum atomic E-state index is 12.3. The molecule has 4 aromatic carbocycles. The lowest BCUT2D eigenvalue weighted by Crippen LogP contribution is -2.25. The third-order valence-corrected chi connectivity index (χ3v) is 5.70. The fourth-order valence-electron chi connectivity index (χ4n) is 3.67. The molecule has 1 aliphatic rings. The second-order valence-corrected chi connectivity index (χ2v) is 8.26. The molecule has 176 valence electrons. The Balaban J connectivity index is 1.26. The first kappa shape index (κ1) is 22.6. The molecular formula is C27H22ClN3O4. The van der Waals surface area contributed by atoms with Gasteiger partial charge in [0.05, 0.1) is 12.8 Å². The molecule has 0 spiro atoms. The van der Waals surface area contributed by atoms with Crippen molar-refractivity contribution < 1.29 is 19.0 Å². The molecule has 0 bridgehead atoms. The van der Waals surface area contributed by atoms with Crippen molar-refractivity contribution in [2.45, 2.75) is 6.61 Å². The number of benzene rings is 4. The van der Waals surface area contributed by atoms with Crippen molar-refractivity contribution in [3.05, 3.63) is 95.0 Å². The van der Waals surface area contributed by atoms with Crippen molar-refractivity contribution in [3.63, 3.8) is 0 Å². The Morgan fingerprint density at radius 2 is 1.83 bits per heavy atom. The standard InChI is InChI=1S/C27H22ClN3O4/c28-20-8-5-18(6-9-20)16-33-24-11-7-19-3-1-2-4-22(19)23(24)14-30-31-27(32)15-29-21-10-12-25-26(13-21)35-17-34-25/h1-14,29H,15-17H2,(H,31,32)/b30-14-. The molecular weight excluding hydrogens is 466 g/mol. The molecule has 8 heteroatoms. The molecule has 1 heterocycles. The van der Waals surface area contributed by atoms with Crippen LogP contribution in [0.3, 0.4) is 0 Å². The van der Waals surface area contributed by atoms with Crippen LogP contribution in [-0.4, -0.2) is 25.5 Å². The van der Waals surface area contributed by atoms with Crippen molar-refractivity contribution in [1.82, 2.24) is 5.43 Å². The van der Waals surface area contributed by atoms with Crippen LogP contribution >= 0.6 is 11.6 Å². The first-order valence-corrected chi connectivity index (χ1v) is 11.4. The van der Waals surface area contributed by atoms with Crippen LogP contribution in [0.2, 0.25) is 5.02 Å². The predicted molar refractivity (Wildman–Crippen MR) is 137 cm³/mol. The largest absolute Gasteiger partial charge is 0.488 e. The van der Waals surface area contributed by atoms with E-state index in [4.69, 9.17) is 25.8 Å². The summed E-state index contributed by atoms with van der Waals surface area (Å²) >= 11 is 5.97. The molecule has 0 unspecified atom stereocenters. The van der Waals surface area contributed by atoms with E-state index in [-0.39, 0.29) is 19.2 Å². The van der Waals surface area contributed by atoms with Crippen LogP contribution in [0.5, 0.6) is 17.2 Å². The monoisotopic (exact) mass is 487 g/mol. The zero-order chi connectivity index (χ0) is 24.0. The molecule has 0 saturated carbocycles. The van der Waals surface area contributed by atoms with E-state index in [1.165, 1.54) is 0 Å². The quantitative estimate of drug-likeness (QED) is 0.258. The third-order valence-electron chi connectivity index (χ3n) is 5.45. The van der Waals surface area contributed by atoms with Gasteiger partial charge >= 0.3 is 0 Å². The lowest BCUT2D eigenvalue weighted by molar-refractivity contribution is -0.119. The highest BCUT2D eigenvalue weighted by Crippen LogP contribution is 2.34. The highest BCUT2D eigenvalue weighted by molar-refractivity contribution is 6.30. The number of hydrazone groups is 1. The zero-order valence-electron chi connectivity index (χ0n) is 18.7. The number of anilines is 1. The minimum Gasteiger partial charge on any atom is -0.488 e. The number of amides is 1. The Morgan fingerprint density at radius 3 is 2.71 bits per heavy atom. The Labute approximate surface area is 207 Å². The SMILES string of the molecule is O=C(CNc1ccc2c(c1)OCO2)N/N=C\c1c(OCc2ccc(Cl)cc2)ccc2ccccc12. The van der Waals surface area contributed by atoms with Crippen molar-refractivity contribution in [1.29, 1.82) is 0 Å². The molecule has 4 aromatic rings. The Kier molecular flexibility index (Phi) is 6.68. The maximum absolute atomic E-state index is 12.3. The van der Waals surface area contributed by atoms with Gasteiger partial charge in [-0.25, -0.2) is 5.43 Å². The summed E-state index contributed by atoms with van der Waals surface area (Å²) in [6, 6.07) is 24.8. The number of carbonyl (C=O) groups excluding carboxylic acids is 1. The van der Waals surface area contributed by atoms with Gasteiger partial charge in [0.1, 0.15) is 12.4 Å². The van der Waals surface area contributed by atoms with E-state index in [9.17, 15) is 4.79 Å². The van der Waals surface area contributed by atoms with Crippen LogP contribution < -0.4 is 25.0 Å². The molecule has 0 saturated heterocycles. The highest BCUT2D eigenvalue weighted by Gasteiger charge is 2.13. The fourth-order valence-corrected chi connectivity index (χ4v) is 3.80. The predicted octanol–water partition coefficient (Wildman–Crippen LogP) is 5.36. The summed E-state index contributed by atoms with van der Waals surface area (Å²) in [5.41, 5.74) is 5.09. The van der Waals surface area contributed by atoms with E-state index in [1.807, 2.05) is 66.7 Å². The van der Waals surface area contributed by atoms with Crippen LogP contribution in [-0.2, 0) is 11.4 Å². The number of nitrogens with one attached hydrogen (secondary N) is 2. The molecule has 2 N–H and O–H groups in total. The summed E-state index contributed by atoms with van der Waals surface area (Å²) in [5, 5.41) is 9.92. The fraction of sp³-hybridized carbons (Fsp3) is 0.111. The molecule has 1 aliphatic heterocycles. The number of halogens is 1. The molecule has 0 atom stereocenters. The van der Waals surface area contributed by atoms with Gasteiger partial charge in [-0.15, -0.1) is 0 Å². The highest BCUT2D eigenvalue weighted by atomic mass is 35.5. The number of carbonyl (C=O) groups is 1. The lowest BCUT2D eigenvalue weighted by Gasteiger charge is -2.12. The Bertz CT molecular complexity index is 1390. The molecule has 0 radical (unpaired) electrons. The van der Waals surface area contributed by atoms with Crippen LogP contribution in [0.15, 0.2) is 84.0 Å². The molecule has 0 fully saturated rings. The minimum atomic E-state index is -0.289. The van der Waals surface area contributed by atoms with Gasteiger partial charge in [-0.05, 0) is 46.7 Å². The van der Waals surface area contributed by atoms with Gasteiger partial charge in [-0.2, -0.15) is 5.10 Å². The summed E-state index contributed by atoms with van der Waals surface area (Å²) in [6.07, 6.45) is 1.61. The number of hydrogen-bond donors (Lipinski definition) is 2. The first-order chi connectivity index (χ1) is 17.2. The molecule has 0 aliphatic carbocycles. The first-order valence-electron chi connectivity index (χ1n) is 11.0. The number of ether oxygens (including phenoxy) is 3. The van der Waals surface area contributed by atoms with E-state index < -0.39 is 0 Å². The smallest absolute Gasteiger partial charge is 0.259 e. The molecule has 35 heavy (non-hydrogen) atoms. The summed E-state index contributed by atoms with van der Waals surface area (Å²) in [6.45, 7) is 0.627. The van der Waals surface area contributed by atoms with E-state index in [0.29, 0.717) is 28.9 Å². The number of nitrogens with zero attached hydrogens (tertiary/aromatic N) is 1. The molecule has 0 aromatic heterocycles. The van der Waals surface area contributed by atoms with Crippen LogP contribution in [0.4, 0.5) is 5.69 Å². The van der Waals surface area contributed by atoms with E-state index in [0.717, 1.165) is 27.6 Å². The van der Waals surface area contributed by atoms with Gasteiger partial charge in [0, 0.05) is 22.3 Å². The molecule has 1 amide bonds. The van der Waals surface area contributed by atoms with Crippen LogP contribution in [0, 0.1) is 0 Å². The van der Waals surface area contributed by atoms with E-state index in [1.54, 1.807) is 18.3 Å². The van der Waals surface area contributed by atoms with Gasteiger partial charge in [0.15, 0.2) is 11.5 Å². The van der Waals surface area contributed by atoms with Crippen LogP contribution in [0.25, 0.3) is 10.8 Å². The summed E-state index contributed by atoms with van der Waals surface area (Å²) < 4.78 is 16.7. The number of hydrogen-bond acceptors (Lipinski definition) is 6. The maximum Gasteiger partial charge on any atom is 0.259 e. The Morgan fingerprint density at radius 1 is 1.00 bits per heavy atom. The van der Waals surface area contributed by atoms with E-state index >= 15 is 0 Å². The minimum absolute atomic E-state index is 0.0481. The van der Waals surface area contributed by atoms with Crippen LogP contribution in [0.1, 0.15) is 11.1 Å². The van der Waals surface area contributed by atoms with Crippen molar-refractivity contribution in [2.24, 2.45) is 5.10 Å². The average Bonchev–Trinajstić information content (AvgIpc) is 3.36. The van der Waals surface area contributed by atoms with Crippen molar-refractivity contribution in [2.75, 3.05) is 18.7 Å². The van der Waals surface area contributed by atoms with Gasteiger partial charge in [-0.1, -0.05) is 54.1 Å².